The van der Waals surface area contributed by atoms with Crippen molar-refractivity contribution in [3.63, 3.8) is 0 Å². The predicted octanol–water partition coefficient (Wildman–Crippen LogP) is 1.32. The molecule has 1 aliphatic rings. The summed E-state index contributed by atoms with van der Waals surface area (Å²) in [4.78, 5) is 15.8. The Morgan fingerprint density at radius 2 is 1.82 bits per heavy atom. The van der Waals surface area contributed by atoms with Crippen LogP contribution in [-0.2, 0) is 11.3 Å². The lowest BCUT2D eigenvalue weighted by atomic mass is 10.1. The van der Waals surface area contributed by atoms with Crippen molar-refractivity contribution in [2.24, 2.45) is 0 Å². The number of carbonyl (C=O) groups is 1. The van der Waals surface area contributed by atoms with E-state index < -0.39 is 0 Å². The lowest BCUT2D eigenvalue weighted by Gasteiger charge is -2.32. The molecule has 0 spiro atoms. The summed E-state index contributed by atoms with van der Waals surface area (Å²) in [5, 5.41) is 0. The Kier molecular flexibility index (Phi) is 6.76. The topological polar surface area (TPSA) is 52.4 Å². The predicted molar refractivity (Wildman–Crippen MR) is 107 cm³/mol. The van der Waals surface area contributed by atoms with Gasteiger partial charge >= 0.3 is 0 Å². The van der Waals surface area contributed by atoms with E-state index in [9.17, 15) is 4.79 Å². The number of rotatable bonds is 7. The van der Waals surface area contributed by atoms with Gasteiger partial charge in [0.15, 0.2) is 6.61 Å². The molecule has 1 aliphatic heterocycles. The highest BCUT2D eigenvalue weighted by molar-refractivity contribution is 5.77. The molecule has 3 rings (SSSR count). The molecule has 0 bridgehead atoms. The standard InChI is InChI=1S/C22H28N2O4/c1-17-5-4-6-20(13-17)28-16-22(25)24-11-9-23(10-12-24)15-18-14-19(26-2)7-8-21(18)27-3/h4-8,13-14H,9-12,15-16H2,1-3H3/p+1. The van der Waals surface area contributed by atoms with Crippen molar-refractivity contribution in [3.8, 4) is 17.2 Å². The Hall–Kier alpha value is -2.73. The molecule has 6 nitrogen and oxygen atoms in total. The van der Waals surface area contributed by atoms with Crippen molar-refractivity contribution in [2.75, 3.05) is 47.0 Å². The zero-order valence-electron chi connectivity index (χ0n) is 16.9. The van der Waals surface area contributed by atoms with Gasteiger partial charge in [-0.1, -0.05) is 12.1 Å². The third-order valence-electron chi connectivity index (χ3n) is 5.10. The second-order valence-electron chi connectivity index (χ2n) is 7.09. The molecule has 0 saturated carbocycles. The summed E-state index contributed by atoms with van der Waals surface area (Å²) in [6, 6.07) is 13.6. The number of nitrogens with one attached hydrogen (secondary N) is 1. The Balaban J connectivity index is 1.49. The molecule has 1 saturated heterocycles. The molecular weight excluding hydrogens is 356 g/mol. The van der Waals surface area contributed by atoms with Crippen LogP contribution in [0.25, 0.3) is 0 Å². The smallest absolute Gasteiger partial charge is 0.260 e. The highest BCUT2D eigenvalue weighted by Crippen LogP contribution is 2.23. The molecule has 28 heavy (non-hydrogen) atoms. The number of hydrogen-bond donors (Lipinski definition) is 1. The molecule has 6 heteroatoms. The van der Waals surface area contributed by atoms with Crippen LogP contribution >= 0.6 is 0 Å². The highest BCUT2D eigenvalue weighted by atomic mass is 16.5. The summed E-state index contributed by atoms with van der Waals surface area (Å²) in [5.74, 6) is 2.48. The summed E-state index contributed by atoms with van der Waals surface area (Å²) >= 11 is 0. The molecule has 2 aromatic carbocycles. The number of nitrogens with zero attached hydrogens (tertiary/aromatic N) is 1. The van der Waals surface area contributed by atoms with Crippen molar-refractivity contribution in [2.45, 2.75) is 13.5 Å². The minimum atomic E-state index is 0.0412. The van der Waals surface area contributed by atoms with Gasteiger partial charge in [-0.05, 0) is 42.8 Å². The summed E-state index contributed by atoms with van der Waals surface area (Å²) in [5.41, 5.74) is 2.24. The lowest BCUT2D eigenvalue weighted by Crippen LogP contribution is -3.13. The first-order chi connectivity index (χ1) is 13.6. The first kappa shape index (κ1) is 20.0. The minimum absolute atomic E-state index is 0.0412. The van der Waals surface area contributed by atoms with E-state index in [-0.39, 0.29) is 12.5 Å². The van der Waals surface area contributed by atoms with Crippen LogP contribution in [0.1, 0.15) is 11.1 Å². The number of benzene rings is 2. The van der Waals surface area contributed by atoms with Crippen LogP contribution in [0, 0.1) is 6.92 Å². The summed E-state index contributed by atoms with van der Waals surface area (Å²) in [6.07, 6.45) is 0. The number of aryl methyl sites for hydroxylation is 1. The molecule has 0 atom stereocenters. The van der Waals surface area contributed by atoms with Crippen LogP contribution < -0.4 is 19.1 Å². The number of amides is 1. The number of quaternary nitrogens is 1. The Labute approximate surface area is 166 Å². The summed E-state index contributed by atoms with van der Waals surface area (Å²) in [7, 11) is 3.35. The molecule has 0 aromatic heterocycles. The molecule has 150 valence electrons. The van der Waals surface area contributed by atoms with Gasteiger partial charge in [-0.25, -0.2) is 0 Å². The third-order valence-corrected chi connectivity index (χ3v) is 5.10. The molecule has 1 amide bonds. The van der Waals surface area contributed by atoms with Gasteiger partial charge in [-0.15, -0.1) is 0 Å². The zero-order valence-corrected chi connectivity index (χ0v) is 16.9. The molecule has 0 aliphatic carbocycles. The molecule has 2 aromatic rings. The van der Waals surface area contributed by atoms with E-state index in [1.807, 2.05) is 54.3 Å². The number of methoxy groups -OCH3 is 2. The SMILES string of the molecule is COc1ccc(OC)c(C[NH+]2CCN(C(=O)COc3cccc(C)c3)CC2)c1. The first-order valence-corrected chi connectivity index (χ1v) is 9.60. The third kappa shape index (κ3) is 5.16. The van der Waals surface area contributed by atoms with Gasteiger partial charge in [-0.3, -0.25) is 4.79 Å². The lowest BCUT2D eigenvalue weighted by molar-refractivity contribution is -0.917. The number of hydrogen-bond acceptors (Lipinski definition) is 4. The van der Waals surface area contributed by atoms with E-state index in [0.29, 0.717) is 0 Å². The minimum Gasteiger partial charge on any atom is -0.497 e. The van der Waals surface area contributed by atoms with Crippen LogP contribution in [0.5, 0.6) is 17.2 Å². The highest BCUT2D eigenvalue weighted by Gasteiger charge is 2.25. The van der Waals surface area contributed by atoms with Crippen molar-refractivity contribution in [1.29, 1.82) is 0 Å². The fourth-order valence-corrected chi connectivity index (χ4v) is 3.48. The molecule has 1 heterocycles. The van der Waals surface area contributed by atoms with Crippen LogP contribution in [0.3, 0.4) is 0 Å². The molecule has 0 radical (unpaired) electrons. The normalized spacial score (nSPS) is 14.6. The molecule has 1 N–H and O–H groups in total. The van der Waals surface area contributed by atoms with Gasteiger partial charge < -0.3 is 24.0 Å². The molecule has 1 fully saturated rings. The second-order valence-corrected chi connectivity index (χ2v) is 7.09. The van der Waals surface area contributed by atoms with Crippen molar-refractivity contribution in [1.82, 2.24) is 4.90 Å². The van der Waals surface area contributed by atoms with Gasteiger partial charge in [0, 0.05) is 0 Å². The van der Waals surface area contributed by atoms with E-state index in [1.165, 1.54) is 4.90 Å². The van der Waals surface area contributed by atoms with E-state index in [4.69, 9.17) is 14.2 Å². The summed E-state index contributed by atoms with van der Waals surface area (Å²) in [6.45, 7) is 6.21. The van der Waals surface area contributed by atoms with Crippen LogP contribution in [-0.4, -0.2) is 57.8 Å². The monoisotopic (exact) mass is 385 g/mol. The van der Waals surface area contributed by atoms with Crippen LogP contribution in [0.2, 0.25) is 0 Å². The van der Waals surface area contributed by atoms with Gasteiger partial charge in [0.1, 0.15) is 23.8 Å². The van der Waals surface area contributed by atoms with E-state index in [2.05, 4.69) is 0 Å². The van der Waals surface area contributed by atoms with Crippen LogP contribution in [0.4, 0.5) is 0 Å². The Morgan fingerprint density at radius 3 is 2.50 bits per heavy atom. The Bertz CT molecular complexity index is 801. The van der Waals surface area contributed by atoms with E-state index >= 15 is 0 Å². The quantitative estimate of drug-likeness (QED) is 0.781. The van der Waals surface area contributed by atoms with Crippen molar-refractivity contribution >= 4 is 5.91 Å². The average Bonchev–Trinajstić information content (AvgIpc) is 2.72. The van der Waals surface area contributed by atoms with Gasteiger partial charge in [0.25, 0.3) is 5.91 Å². The largest absolute Gasteiger partial charge is 0.497 e. The fourth-order valence-electron chi connectivity index (χ4n) is 3.48. The maximum Gasteiger partial charge on any atom is 0.260 e. The van der Waals surface area contributed by atoms with E-state index in [0.717, 1.165) is 61.1 Å². The maximum atomic E-state index is 12.5. The second kappa shape index (κ2) is 9.46. The van der Waals surface area contributed by atoms with Crippen molar-refractivity contribution < 1.29 is 23.9 Å². The summed E-state index contributed by atoms with van der Waals surface area (Å²) < 4.78 is 16.5. The zero-order chi connectivity index (χ0) is 19.9. The van der Waals surface area contributed by atoms with E-state index in [1.54, 1.807) is 14.2 Å². The number of carbonyl (C=O) groups excluding carboxylic acids is 1. The first-order valence-electron chi connectivity index (χ1n) is 9.60. The van der Waals surface area contributed by atoms with Gasteiger partial charge in [0.2, 0.25) is 0 Å². The van der Waals surface area contributed by atoms with Crippen LogP contribution in [0.15, 0.2) is 42.5 Å². The number of piperazine rings is 1. The van der Waals surface area contributed by atoms with Gasteiger partial charge in [-0.2, -0.15) is 0 Å². The molecule has 0 unspecified atom stereocenters. The maximum absolute atomic E-state index is 12.5. The fraction of sp³-hybridized carbons (Fsp3) is 0.409. The molecular formula is C22H29N2O4+. The van der Waals surface area contributed by atoms with Gasteiger partial charge in [0.05, 0.1) is 46.0 Å². The Morgan fingerprint density at radius 1 is 1.04 bits per heavy atom. The van der Waals surface area contributed by atoms with Crippen molar-refractivity contribution in [3.05, 3.63) is 53.6 Å². The number of ether oxygens (including phenoxy) is 3. The average molecular weight is 385 g/mol.